The SMILES string of the molecule is Cc1cc(-n2nc(C)c(-c3ccc(C#N)cc3)c2O)ncc1[S+](C)[O-]. The second-order valence-electron chi connectivity index (χ2n) is 5.65. The number of aryl methyl sites for hydroxylation is 2. The van der Waals surface area contributed by atoms with Crippen molar-refractivity contribution in [2.45, 2.75) is 18.7 Å². The van der Waals surface area contributed by atoms with Gasteiger partial charge >= 0.3 is 0 Å². The van der Waals surface area contributed by atoms with Crippen LogP contribution in [0.25, 0.3) is 16.9 Å². The van der Waals surface area contributed by atoms with Gasteiger partial charge in [0, 0.05) is 5.56 Å². The van der Waals surface area contributed by atoms with Gasteiger partial charge in [0.2, 0.25) is 5.88 Å². The number of nitrogens with zero attached hydrogens (tertiary/aromatic N) is 4. The van der Waals surface area contributed by atoms with Crippen LogP contribution in [0.2, 0.25) is 0 Å². The summed E-state index contributed by atoms with van der Waals surface area (Å²) in [5, 5.41) is 23.9. The van der Waals surface area contributed by atoms with E-state index in [-0.39, 0.29) is 5.88 Å². The first-order valence-electron chi connectivity index (χ1n) is 7.52. The third kappa shape index (κ3) is 3.09. The Bertz CT molecular complexity index is 972. The lowest BCUT2D eigenvalue weighted by Crippen LogP contribution is -2.05. The molecule has 0 aliphatic heterocycles. The smallest absolute Gasteiger partial charge is 0.223 e. The molecular formula is C18H16N4O2S. The predicted octanol–water partition coefficient (Wildman–Crippen LogP) is 2.87. The Kier molecular flexibility index (Phi) is 4.49. The molecule has 6 nitrogen and oxygen atoms in total. The normalized spacial score (nSPS) is 12.0. The first-order chi connectivity index (χ1) is 11.9. The predicted molar refractivity (Wildman–Crippen MR) is 95.0 cm³/mol. The Balaban J connectivity index is 2.08. The fourth-order valence-electron chi connectivity index (χ4n) is 2.67. The lowest BCUT2D eigenvalue weighted by Gasteiger charge is -2.09. The number of hydrogen-bond donors (Lipinski definition) is 1. The number of hydrogen-bond acceptors (Lipinski definition) is 5. The lowest BCUT2D eigenvalue weighted by atomic mass is 10.0. The molecule has 0 amide bonds. The van der Waals surface area contributed by atoms with Crippen molar-refractivity contribution in [3.63, 3.8) is 0 Å². The molecule has 0 fully saturated rings. The largest absolute Gasteiger partial charge is 0.612 e. The highest BCUT2D eigenvalue weighted by Gasteiger charge is 2.19. The van der Waals surface area contributed by atoms with Crippen LogP contribution in [0.15, 0.2) is 41.4 Å². The zero-order valence-electron chi connectivity index (χ0n) is 14.0. The van der Waals surface area contributed by atoms with Crippen molar-refractivity contribution in [2.75, 3.05) is 6.26 Å². The zero-order valence-corrected chi connectivity index (χ0v) is 14.8. The first-order valence-corrected chi connectivity index (χ1v) is 9.07. The average Bonchev–Trinajstić information content (AvgIpc) is 2.89. The summed E-state index contributed by atoms with van der Waals surface area (Å²) < 4.78 is 13.0. The quantitative estimate of drug-likeness (QED) is 0.731. The van der Waals surface area contributed by atoms with Gasteiger partial charge in [-0.2, -0.15) is 15.0 Å². The van der Waals surface area contributed by atoms with Gasteiger partial charge in [0.15, 0.2) is 10.7 Å². The number of rotatable bonds is 3. The fourth-order valence-corrected chi connectivity index (χ4v) is 3.38. The Morgan fingerprint density at radius 3 is 2.48 bits per heavy atom. The summed E-state index contributed by atoms with van der Waals surface area (Å²) in [6, 6.07) is 10.7. The maximum Gasteiger partial charge on any atom is 0.223 e. The Morgan fingerprint density at radius 1 is 1.24 bits per heavy atom. The van der Waals surface area contributed by atoms with Crippen LogP contribution in [-0.2, 0) is 11.2 Å². The van der Waals surface area contributed by atoms with E-state index in [1.165, 1.54) is 4.68 Å². The fraction of sp³-hybridized carbons (Fsp3) is 0.167. The van der Waals surface area contributed by atoms with Gasteiger partial charge < -0.3 is 9.66 Å². The molecule has 0 spiro atoms. The molecule has 0 saturated carbocycles. The van der Waals surface area contributed by atoms with Gasteiger partial charge in [0.25, 0.3) is 0 Å². The second-order valence-corrected chi connectivity index (χ2v) is 7.00. The molecule has 1 atom stereocenters. The summed E-state index contributed by atoms with van der Waals surface area (Å²) in [4.78, 5) is 4.92. The zero-order chi connectivity index (χ0) is 18.1. The molecule has 126 valence electrons. The third-order valence-electron chi connectivity index (χ3n) is 3.91. The van der Waals surface area contributed by atoms with Gasteiger partial charge in [-0.3, -0.25) is 0 Å². The van der Waals surface area contributed by atoms with Gasteiger partial charge in [-0.25, -0.2) is 4.98 Å². The van der Waals surface area contributed by atoms with Crippen molar-refractivity contribution >= 4 is 11.2 Å². The van der Waals surface area contributed by atoms with Gasteiger partial charge in [0.1, 0.15) is 6.26 Å². The molecule has 0 aliphatic rings. The number of aromatic hydroxyl groups is 1. The van der Waals surface area contributed by atoms with Crippen LogP contribution >= 0.6 is 0 Å². The van der Waals surface area contributed by atoms with Crippen LogP contribution in [0.1, 0.15) is 16.8 Å². The molecule has 0 radical (unpaired) electrons. The molecule has 0 bridgehead atoms. The minimum absolute atomic E-state index is 0.0283. The van der Waals surface area contributed by atoms with Crippen LogP contribution in [-0.4, -0.2) is 30.7 Å². The summed E-state index contributed by atoms with van der Waals surface area (Å²) in [5.41, 5.74) is 3.37. The molecule has 7 heteroatoms. The molecule has 1 aromatic carbocycles. The number of pyridine rings is 1. The van der Waals surface area contributed by atoms with Crippen molar-refractivity contribution in [1.82, 2.24) is 14.8 Å². The summed E-state index contributed by atoms with van der Waals surface area (Å²) in [6.45, 7) is 3.64. The van der Waals surface area contributed by atoms with Crippen molar-refractivity contribution in [1.29, 1.82) is 5.26 Å². The molecule has 0 aliphatic carbocycles. The molecule has 3 rings (SSSR count). The van der Waals surface area contributed by atoms with Gasteiger partial charge in [-0.15, -0.1) is 0 Å². The van der Waals surface area contributed by atoms with Crippen molar-refractivity contribution < 1.29 is 9.66 Å². The topological polar surface area (TPSA) is 97.8 Å². The van der Waals surface area contributed by atoms with E-state index >= 15 is 0 Å². The van der Waals surface area contributed by atoms with Crippen LogP contribution in [0.3, 0.4) is 0 Å². The van der Waals surface area contributed by atoms with Crippen LogP contribution in [0, 0.1) is 25.2 Å². The minimum atomic E-state index is -1.12. The highest BCUT2D eigenvalue weighted by Crippen LogP contribution is 2.34. The Morgan fingerprint density at radius 2 is 1.92 bits per heavy atom. The van der Waals surface area contributed by atoms with Crippen LogP contribution < -0.4 is 0 Å². The van der Waals surface area contributed by atoms with Crippen molar-refractivity contribution in [2.24, 2.45) is 0 Å². The van der Waals surface area contributed by atoms with E-state index < -0.39 is 11.2 Å². The third-order valence-corrected chi connectivity index (χ3v) is 4.96. The maximum absolute atomic E-state index is 11.7. The van der Waals surface area contributed by atoms with Gasteiger partial charge in [0.05, 0.1) is 29.1 Å². The lowest BCUT2D eigenvalue weighted by molar-refractivity contribution is 0.433. The minimum Gasteiger partial charge on any atom is -0.612 e. The van der Waals surface area contributed by atoms with E-state index in [0.717, 1.165) is 11.1 Å². The summed E-state index contributed by atoms with van der Waals surface area (Å²) in [5.74, 6) is 0.423. The maximum atomic E-state index is 11.7. The molecule has 3 aromatic rings. The van der Waals surface area contributed by atoms with Gasteiger partial charge in [-0.1, -0.05) is 12.1 Å². The Labute approximate surface area is 148 Å². The first kappa shape index (κ1) is 17.0. The van der Waals surface area contributed by atoms with Crippen molar-refractivity contribution in [3.8, 4) is 28.9 Å². The number of aromatic nitrogens is 3. The van der Waals surface area contributed by atoms with Gasteiger partial charge in [-0.05, 0) is 48.8 Å². The standard InChI is InChI=1S/C18H16N4O2S/c1-11-8-16(20-10-15(11)25(3)24)22-18(23)17(12(2)21-22)14-6-4-13(9-19)5-7-14/h4-8,10,23H,1-3H3. The van der Waals surface area contributed by atoms with E-state index in [2.05, 4.69) is 16.2 Å². The Hall–Kier alpha value is -2.82. The van der Waals surface area contributed by atoms with Crippen LogP contribution in [0.5, 0.6) is 5.88 Å². The number of nitriles is 1. The monoisotopic (exact) mass is 352 g/mol. The van der Waals surface area contributed by atoms with Crippen LogP contribution in [0.4, 0.5) is 0 Å². The van der Waals surface area contributed by atoms with E-state index in [1.807, 2.05) is 6.92 Å². The van der Waals surface area contributed by atoms with E-state index in [1.54, 1.807) is 49.7 Å². The highest BCUT2D eigenvalue weighted by atomic mass is 32.2. The van der Waals surface area contributed by atoms with E-state index in [9.17, 15) is 9.66 Å². The molecule has 2 aromatic heterocycles. The summed E-state index contributed by atoms with van der Waals surface area (Å²) >= 11 is -1.12. The van der Waals surface area contributed by atoms with E-state index in [0.29, 0.717) is 27.5 Å². The average molecular weight is 352 g/mol. The van der Waals surface area contributed by atoms with E-state index in [4.69, 9.17) is 5.26 Å². The highest BCUT2D eigenvalue weighted by molar-refractivity contribution is 7.90. The molecule has 25 heavy (non-hydrogen) atoms. The summed E-state index contributed by atoms with van der Waals surface area (Å²) in [6.07, 6.45) is 3.14. The molecule has 2 heterocycles. The summed E-state index contributed by atoms with van der Waals surface area (Å²) in [7, 11) is 0. The number of benzene rings is 1. The van der Waals surface area contributed by atoms with Crippen molar-refractivity contribution in [3.05, 3.63) is 53.3 Å². The second kappa shape index (κ2) is 6.59. The molecule has 1 unspecified atom stereocenters. The molecule has 1 N–H and O–H groups in total. The molecule has 0 saturated heterocycles. The molecular weight excluding hydrogens is 336 g/mol.